The fraction of sp³-hybridized carbons (Fsp3) is 0.867. The summed E-state index contributed by atoms with van der Waals surface area (Å²) >= 11 is 0. The molecule has 5 nitrogen and oxygen atoms in total. The highest BCUT2D eigenvalue weighted by atomic mass is 15.4. The molecule has 1 heterocycles. The number of nitrogens with two attached hydrogens (primary N) is 1. The standard InChI is InChI=1S/C15H31N5/c1-5-9-19(15(7-3,8-4)12-16)11-14-17-13-18-20(14)10-6-2/h13H,5-12,16H2,1-4H3. The SMILES string of the molecule is CCCN(Cc1ncnn1CCC)C(CC)(CC)CN. The Kier molecular flexibility index (Phi) is 7.16. The van der Waals surface area contributed by atoms with E-state index in [1.54, 1.807) is 6.33 Å². The lowest BCUT2D eigenvalue weighted by molar-refractivity contribution is 0.0723. The van der Waals surface area contributed by atoms with Gasteiger partial charge >= 0.3 is 0 Å². The van der Waals surface area contributed by atoms with Gasteiger partial charge < -0.3 is 5.73 Å². The van der Waals surface area contributed by atoms with Crippen molar-refractivity contribution in [3.05, 3.63) is 12.2 Å². The second-order valence-electron chi connectivity index (χ2n) is 5.46. The quantitative estimate of drug-likeness (QED) is 0.715. The van der Waals surface area contributed by atoms with Gasteiger partial charge in [0.15, 0.2) is 0 Å². The summed E-state index contributed by atoms with van der Waals surface area (Å²) in [4.78, 5) is 6.95. The molecule has 0 saturated heterocycles. The van der Waals surface area contributed by atoms with Crippen molar-refractivity contribution in [2.75, 3.05) is 13.1 Å². The molecule has 0 fully saturated rings. The summed E-state index contributed by atoms with van der Waals surface area (Å²) in [5.74, 6) is 1.06. The van der Waals surface area contributed by atoms with Gasteiger partial charge in [0.05, 0.1) is 6.54 Å². The molecule has 0 aliphatic rings. The summed E-state index contributed by atoms with van der Waals surface area (Å²) < 4.78 is 2.02. The molecule has 0 unspecified atom stereocenters. The van der Waals surface area contributed by atoms with Crippen molar-refractivity contribution < 1.29 is 0 Å². The number of aromatic nitrogens is 3. The minimum Gasteiger partial charge on any atom is -0.329 e. The lowest BCUT2D eigenvalue weighted by Crippen LogP contribution is -2.53. The lowest BCUT2D eigenvalue weighted by Gasteiger charge is -2.42. The molecular formula is C15H31N5. The maximum atomic E-state index is 6.10. The van der Waals surface area contributed by atoms with Crippen LogP contribution in [0.3, 0.4) is 0 Å². The van der Waals surface area contributed by atoms with E-state index in [4.69, 9.17) is 5.73 Å². The predicted octanol–water partition coefficient (Wildman–Crippen LogP) is 2.42. The molecule has 0 radical (unpaired) electrons. The van der Waals surface area contributed by atoms with E-state index >= 15 is 0 Å². The summed E-state index contributed by atoms with van der Waals surface area (Å²) in [6.45, 7) is 12.4. The number of hydrogen-bond acceptors (Lipinski definition) is 4. The van der Waals surface area contributed by atoms with E-state index < -0.39 is 0 Å². The second-order valence-corrected chi connectivity index (χ2v) is 5.46. The van der Waals surface area contributed by atoms with Crippen molar-refractivity contribution in [1.29, 1.82) is 0 Å². The van der Waals surface area contributed by atoms with E-state index in [1.165, 1.54) is 0 Å². The average Bonchev–Trinajstić information content (AvgIpc) is 2.89. The molecule has 0 amide bonds. The number of aryl methyl sites for hydroxylation is 1. The fourth-order valence-electron chi connectivity index (χ4n) is 2.85. The molecule has 20 heavy (non-hydrogen) atoms. The summed E-state index contributed by atoms with van der Waals surface area (Å²) in [6, 6.07) is 0. The van der Waals surface area contributed by atoms with Gasteiger partial charge in [0.1, 0.15) is 12.2 Å². The molecule has 0 aromatic carbocycles. The van der Waals surface area contributed by atoms with Crippen LogP contribution in [0, 0.1) is 0 Å². The Balaban J connectivity index is 2.93. The Morgan fingerprint density at radius 2 is 1.90 bits per heavy atom. The first-order chi connectivity index (χ1) is 9.67. The second kappa shape index (κ2) is 8.37. The van der Waals surface area contributed by atoms with E-state index in [2.05, 4.69) is 42.7 Å². The van der Waals surface area contributed by atoms with Gasteiger partial charge in [0, 0.05) is 18.6 Å². The highest BCUT2D eigenvalue weighted by Gasteiger charge is 2.32. The number of rotatable bonds is 10. The topological polar surface area (TPSA) is 60.0 Å². The van der Waals surface area contributed by atoms with Gasteiger partial charge in [-0.25, -0.2) is 9.67 Å². The van der Waals surface area contributed by atoms with Crippen molar-refractivity contribution in [3.63, 3.8) is 0 Å². The molecule has 1 rings (SSSR count). The average molecular weight is 281 g/mol. The van der Waals surface area contributed by atoms with E-state index in [9.17, 15) is 0 Å². The van der Waals surface area contributed by atoms with Gasteiger partial charge in [-0.3, -0.25) is 4.90 Å². The number of hydrogen-bond donors (Lipinski definition) is 1. The van der Waals surface area contributed by atoms with Gasteiger partial charge in [-0.2, -0.15) is 5.10 Å². The van der Waals surface area contributed by atoms with Crippen LogP contribution in [0.4, 0.5) is 0 Å². The zero-order chi connectivity index (χ0) is 15.0. The van der Waals surface area contributed by atoms with Crippen LogP contribution in [0.25, 0.3) is 0 Å². The molecule has 1 aromatic rings. The summed E-state index contributed by atoms with van der Waals surface area (Å²) in [6.07, 6.45) is 6.01. The normalized spacial score (nSPS) is 12.3. The van der Waals surface area contributed by atoms with Crippen LogP contribution in [-0.2, 0) is 13.1 Å². The van der Waals surface area contributed by atoms with Crippen molar-refractivity contribution >= 4 is 0 Å². The van der Waals surface area contributed by atoms with Gasteiger partial charge in [0.25, 0.3) is 0 Å². The van der Waals surface area contributed by atoms with Gasteiger partial charge in [0.2, 0.25) is 0 Å². The van der Waals surface area contributed by atoms with Crippen LogP contribution in [0.1, 0.15) is 59.2 Å². The monoisotopic (exact) mass is 281 g/mol. The van der Waals surface area contributed by atoms with Crippen molar-refractivity contribution in [2.24, 2.45) is 5.73 Å². The zero-order valence-corrected chi connectivity index (χ0v) is 13.6. The molecule has 0 spiro atoms. The molecule has 0 atom stereocenters. The fourth-order valence-corrected chi connectivity index (χ4v) is 2.85. The Bertz CT molecular complexity index is 362. The Hall–Kier alpha value is -0.940. The largest absolute Gasteiger partial charge is 0.329 e. The molecule has 5 heteroatoms. The van der Waals surface area contributed by atoms with Crippen LogP contribution in [-0.4, -0.2) is 38.3 Å². The highest BCUT2D eigenvalue weighted by Crippen LogP contribution is 2.25. The number of nitrogens with zero attached hydrogens (tertiary/aromatic N) is 4. The minimum absolute atomic E-state index is 0.0823. The van der Waals surface area contributed by atoms with Gasteiger partial charge in [-0.1, -0.05) is 27.7 Å². The first-order valence-corrected chi connectivity index (χ1v) is 7.99. The molecule has 0 aliphatic heterocycles. The minimum atomic E-state index is 0.0823. The maximum absolute atomic E-state index is 6.10. The van der Waals surface area contributed by atoms with Crippen LogP contribution < -0.4 is 5.73 Å². The molecule has 0 aliphatic carbocycles. The predicted molar refractivity (Wildman–Crippen MR) is 83.4 cm³/mol. The summed E-state index contributed by atoms with van der Waals surface area (Å²) in [7, 11) is 0. The lowest BCUT2D eigenvalue weighted by atomic mass is 9.90. The first-order valence-electron chi connectivity index (χ1n) is 7.99. The molecule has 0 saturated carbocycles. The van der Waals surface area contributed by atoms with Crippen LogP contribution >= 0.6 is 0 Å². The van der Waals surface area contributed by atoms with E-state index in [0.717, 1.165) is 51.1 Å². The van der Waals surface area contributed by atoms with Crippen LogP contribution in [0.2, 0.25) is 0 Å². The van der Waals surface area contributed by atoms with Crippen LogP contribution in [0.5, 0.6) is 0 Å². The zero-order valence-electron chi connectivity index (χ0n) is 13.6. The van der Waals surface area contributed by atoms with Gasteiger partial charge in [-0.05, 0) is 32.2 Å². The molecule has 2 N–H and O–H groups in total. The summed E-state index contributed by atoms with van der Waals surface area (Å²) in [5, 5.41) is 4.33. The first kappa shape index (κ1) is 17.1. The Morgan fingerprint density at radius 3 is 2.40 bits per heavy atom. The van der Waals surface area contributed by atoms with Crippen molar-refractivity contribution in [3.8, 4) is 0 Å². The van der Waals surface area contributed by atoms with Gasteiger partial charge in [-0.15, -0.1) is 0 Å². The Morgan fingerprint density at radius 1 is 1.20 bits per heavy atom. The molecule has 1 aromatic heterocycles. The third-order valence-electron chi connectivity index (χ3n) is 4.32. The van der Waals surface area contributed by atoms with Crippen molar-refractivity contribution in [1.82, 2.24) is 19.7 Å². The Labute approximate surface area is 123 Å². The molecule has 116 valence electrons. The molecular weight excluding hydrogens is 250 g/mol. The highest BCUT2D eigenvalue weighted by molar-refractivity contribution is 4.94. The van der Waals surface area contributed by atoms with Crippen molar-refractivity contribution in [2.45, 2.75) is 72.0 Å². The molecule has 0 bridgehead atoms. The summed E-state index contributed by atoms with van der Waals surface area (Å²) in [5.41, 5.74) is 6.18. The van der Waals surface area contributed by atoms with E-state index in [0.29, 0.717) is 6.54 Å². The van der Waals surface area contributed by atoms with Crippen LogP contribution in [0.15, 0.2) is 6.33 Å². The third-order valence-corrected chi connectivity index (χ3v) is 4.32. The smallest absolute Gasteiger partial charge is 0.141 e. The van der Waals surface area contributed by atoms with E-state index in [-0.39, 0.29) is 5.54 Å². The third kappa shape index (κ3) is 3.79. The maximum Gasteiger partial charge on any atom is 0.141 e. The van der Waals surface area contributed by atoms with E-state index in [1.807, 2.05) is 4.68 Å².